The van der Waals surface area contributed by atoms with E-state index in [2.05, 4.69) is 51.6 Å². The zero-order chi connectivity index (χ0) is 35.1. The SMILES string of the molecule is CCC(CC(=O)O)C(=O)O.CCCCCCCCN(C)CCCCCCCC.CCCCCCCCN(C)CCCCCCCC.Cl.Cl. The van der Waals surface area contributed by atoms with Crippen molar-refractivity contribution < 1.29 is 19.8 Å². The van der Waals surface area contributed by atoms with Crippen molar-refractivity contribution in [2.45, 2.75) is 202 Å². The molecule has 0 aliphatic rings. The van der Waals surface area contributed by atoms with Crippen molar-refractivity contribution in [2.24, 2.45) is 5.92 Å². The van der Waals surface area contributed by atoms with Crippen molar-refractivity contribution >= 4 is 36.8 Å². The second-order valence-electron chi connectivity index (χ2n) is 13.7. The first-order chi connectivity index (χ1) is 22.2. The van der Waals surface area contributed by atoms with Crippen molar-refractivity contribution in [3.05, 3.63) is 0 Å². The number of carboxylic acid groups (broad SMARTS) is 2. The summed E-state index contributed by atoms with van der Waals surface area (Å²) < 4.78 is 0. The van der Waals surface area contributed by atoms with Gasteiger partial charge in [0.1, 0.15) is 0 Å². The van der Waals surface area contributed by atoms with Gasteiger partial charge in [-0.2, -0.15) is 0 Å². The van der Waals surface area contributed by atoms with Gasteiger partial charge in [-0.05, 0) is 72.4 Å². The summed E-state index contributed by atoms with van der Waals surface area (Å²) in [5.41, 5.74) is 0. The Morgan fingerprint density at radius 2 is 0.667 bits per heavy atom. The Bertz CT molecular complexity index is 548. The lowest BCUT2D eigenvalue weighted by Gasteiger charge is -2.16. The predicted molar refractivity (Wildman–Crippen MR) is 217 cm³/mol. The van der Waals surface area contributed by atoms with Crippen LogP contribution in [0.15, 0.2) is 0 Å². The van der Waals surface area contributed by atoms with Crippen molar-refractivity contribution in [3.63, 3.8) is 0 Å². The third-order valence-corrected chi connectivity index (χ3v) is 8.84. The molecule has 0 aromatic rings. The Labute approximate surface area is 313 Å². The van der Waals surface area contributed by atoms with E-state index in [1.165, 1.54) is 180 Å². The highest BCUT2D eigenvalue weighted by molar-refractivity contribution is 5.85. The lowest BCUT2D eigenvalue weighted by Crippen LogP contribution is -2.20. The van der Waals surface area contributed by atoms with Crippen LogP contribution in [0.5, 0.6) is 0 Å². The third kappa shape index (κ3) is 52.3. The Kier molecular flexibility index (Phi) is 57.5. The van der Waals surface area contributed by atoms with Crippen LogP contribution >= 0.6 is 24.8 Å². The quantitative estimate of drug-likeness (QED) is 0.0671. The third-order valence-electron chi connectivity index (χ3n) is 8.84. The Morgan fingerprint density at radius 1 is 0.438 bits per heavy atom. The van der Waals surface area contributed by atoms with E-state index in [0.29, 0.717) is 6.42 Å². The van der Waals surface area contributed by atoms with E-state index in [0.717, 1.165) is 0 Å². The molecular weight excluding hydrogens is 643 g/mol. The molecule has 0 saturated heterocycles. The lowest BCUT2D eigenvalue weighted by molar-refractivity contribution is -0.148. The topological polar surface area (TPSA) is 81.1 Å². The summed E-state index contributed by atoms with van der Waals surface area (Å²) in [6.45, 7) is 16.0. The molecule has 0 heterocycles. The Hall–Kier alpha value is -0.560. The molecule has 0 amide bonds. The Balaban J connectivity index is -0.000000196. The van der Waals surface area contributed by atoms with Crippen molar-refractivity contribution in [2.75, 3.05) is 40.3 Å². The summed E-state index contributed by atoms with van der Waals surface area (Å²) in [6.07, 6.45) is 34.1. The summed E-state index contributed by atoms with van der Waals surface area (Å²) in [5, 5.41) is 16.6. The highest BCUT2D eigenvalue weighted by Gasteiger charge is 2.17. The van der Waals surface area contributed by atoms with Crippen LogP contribution in [0.2, 0.25) is 0 Å². The number of halogens is 2. The van der Waals surface area contributed by atoms with Crippen LogP contribution in [-0.4, -0.2) is 72.2 Å². The number of nitrogens with zero attached hydrogens (tertiary/aromatic N) is 2. The van der Waals surface area contributed by atoms with Crippen LogP contribution in [0.1, 0.15) is 202 Å². The molecule has 0 rings (SSSR count). The second-order valence-corrected chi connectivity index (χ2v) is 13.7. The summed E-state index contributed by atoms with van der Waals surface area (Å²) in [7, 11) is 4.58. The summed E-state index contributed by atoms with van der Waals surface area (Å²) in [6, 6.07) is 0. The fraction of sp³-hybridized carbons (Fsp3) is 0.950. The lowest BCUT2D eigenvalue weighted by atomic mass is 10.0. The van der Waals surface area contributed by atoms with E-state index >= 15 is 0 Å². The first kappa shape index (κ1) is 56.8. The van der Waals surface area contributed by atoms with Gasteiger partial charge in [0, 0.05) is 0 Å². The minimum Gasteiger partial charge on any atom is -0.481 e. The largest absolute Gasteiger partial charge is 0.481 e. The molecule has 0 aromatic carbocycles. The zero-order valence-corrected chi connectivity index (χ0v) is 34.8. The highest BCUT2D eigenvalue weighted by atomic mass is 35.5. The molecule has 0 aliphatic heterocycles. The van der Waals surface area contributed by atoms with Crippen molar-refractivity contribution in [1.29, 1.82) is 0 Å². The smallest absolute Gasteiger partial charge is 0.307 e. The molecule has 1 unspecified atom stereocenters. The van der Waals surface area contributed by atoms with Gasteiger partial charge in [-0.3, -0.25) is 9.59 Å². The first-order valence-corrected chi connectivity index (χ1v) is 20.0. The molecular formula is C40H86Cl2N2O4. The molecule has 48 heavy (non-hydrogen) atoms. The van der Waals surface area contributed by atoms with E-state index in [1.807, 2.05) is 0 Å². The molecule has 294 valence electrons. The molecule has 8 heteroatoms. The number of carboxylic acids is 2. The number of unbranched alkanes of at least 4 members (excludes halogenated alkanes) is 20. The fourth-order valence-corrected chi connectivity index (χ4v) is 5.49. The van der Waals surface area contributed by atoms with Crippen molar-refractivity contribution in [1.82, 2.24) is 9.80 Å². The molecule has 0 spiro atoms. The maximum absolute atomic E-state index is 10.2. The second kappa shape index (κ2) is 48.6. The standard InChI is InChI=1S/2C17H37N.C6H10O4.2ClH/c2*1-4-6-8-10-12-14-16-18(3)17-15-13-11-9-7-5-2;1-2-4(6(9)10)3-5(7)8;;/h2*4-17H2,1-3H3;4H,2-3H2,1H3,(H,7,8)(H,9,10);2*1H. The van der Waals surface area contributed by atoms with E-state index in [-0.39, 0.29) is 31.2 Å². The zero-order valence-electron chi connectivity index (χ0n) is 33.2. The van der Waals surface area contributed by atoms with Gasteiger partial charge in [0.15, 0.2) is 0 Å². The number of aliphatic carboxylic acids is 2. The summed E-state index contributed by atoms with van der Waals surface area (Å²) in [4.78, 5) is 25.3. The monoisotopic (exact) mass is 729 g/mol. The van der Waals surface area contributed by atoms with E-state index in [4.69, 9.17) is 10.2 Å². The molecule has 0 radical (unpaired) electrons. The number of rotatable bonds is 32. The minimum atomic E-state index is -1.06. The van der Waals surface area contributed by atoms with Gasteiger partial charge in [0.2, 0.25) is 0 Å². The van der Waals surface area contributed by atoms with Gasteiger partial charge in [0.25, 0.3) is 0 Å². The van der Waals surface area contributed by atoms with Gasteiger partial charge >= 0.3 is 11.9 Å². The Morgan fingerprint density at radius 3 is 0.833 bits per heavy atom. The van der Waals surface area contributed by atoms with E-state index in [9.17, 15) is 9.59 Å². The molecule has 0 bridgehead atoms. The molecule has 2 N–H and O–H groups in total. The van der Waals surface area contributed by atoms with Crippen LogP contribution in [0.3, 0.4) is 0 Å². The average Bonchev–Trinajstić information content (AvgIpc) is 3.03. The summed E-state index contributed by atoms with van der Waals surface area (Å²) in [5.74, 6) is -2.84. The van der Waals surface area contributed by atoms with Crippen LogP contribution in [-0.2, 0) is 9.59 Å². The van der Waals surface area contributed by atoms with Gasteiger partial charge < -0.3 is 20.0 Å². The van der Waals surface area contributed by atoms with Gasteiger partial charge in [0.05, 0.1) is 12.3 Å². The van der Waals surface area contributed by atoms with Crippen LogP contribution < -0.4 is 0 Å². The van der Waals surface area contributed by atoms with Crippen LogP contribution in [0.4, 0.5) is 0 Å². The molecule has 0 fully saturated rings. The maximum Gasteiger partial charge on any atom is 0.307 e. The molecule has 0 aliphatic carbocycles. The van der Waals surface area contributed by atoms with Crippen LogP contribution in [0, 0.1) is 5.92 Å². The highest BCUT2D eigenvalue weighted by Crippen LogP contribution is 2.10. The van der Waals surface area contributed by atoms with Gasteiger partial charge in [-0.25, -0.2) is 0 Å². The van der Waals surface area contributed by atoms with Gasteiger partial charge in [-0.1, -0.05) is 163 Å². The number of hydrogen-bond donors (Lipinski definition) is 2. The van der Waals surface area contributed by atoms with Crippen LogP contribution in [0.25, 0.3) is 0 Å². The van der Waals surface area contributed by atoms with E-state index in [1.54, 1.807) is 6.92 Å². The number of carbonyl (C=O) groups is 2. The molecule has 1 atom stereocenters. The maximum atomic E-state index is 10.2. The first-order valence-electron chi connectivity index (χ1n) is 20.0. The predicted octanol–water partition coefficient (Wildman–Crippen LogP) is 12.7. The molecule has 0 aromatic heterocycles. The average molecular weight is 730 g/mol. The molecule has 0 saturated carbocycles. The van der Waals surface area contributed by atoms with Crippen molar-refractivity contribution in [3.8, 4) is 0 Å². The van der Waals surface area contributed by atoms with E-state index < -0.39 is 17.9 Å². The van der Waals surface area contributed by atoms with Gasteiger partial charge in [-0.15, -0.1) is 24.8 Å². The minimum absolute atomic E-state index is 0. The summed E-state index contributed by atoms with van der Waals surface area (Å²) >= 11 is 0. The normalized spacial score (nSPS) is 11.1. The number of hydrogen-bond acceptors (Lipinski definition) is 4. The fourth-order valence-electron chi connectivity index (χ4n) is 5.49. The molecule has 6 nitrogen and oxygen atoms in total.